The van der Waals surface area contributed by atoms with Crippen molar-refractivity contribution in [2.24, 2.45) is 0 Å². The Kier molecular flexibility index (Phi) is 5.11. The molecule has 0 aromatic rings. The van der Waals surface area contributed by atoms with Crippen LogP contribution in [0, 0.1) is 0 Å². The minimum atomic E-state index is -1.81. The number of carboxylic acids is 1. The van der Waals surface area contributed by atoms with E-state index in [1.807, 2.05) is 0 Å². The van der Waals surface area contributed by atoms with Crippen LogP contribution in [0.2, 0.25) is 0 Å². The summed E-state index contributed by atoms with van der Waals surface area (Å²) in [6.45, 7) is 1.34. The molecule has 0 saturated carbocycles. The summed E-state index contributed by atoms with van der Waals surface area (Å²) in [5, 5.41) is 20.4. The van der Waals surface area contributed by atoms with Crippen molar-refractivity contribution in [1.29, 1.82) is 0 Å². The first kappa shape index (κ1) is 12.9. The first-order chi connectivity index (χ1) is 6.40. The number of ether oxygens (including phenoxy) is 1. The topological polar surface area (TPSA) is 95.9 Å². The van der Waals surface area contributed by atoms with Gasteiger partial charge in [0.05, 0.1) is 13.5 Å². The minimum Gasteiger partial charge on any atom is -0.479 e. The Morgan fingerprint density at radius 2 is 2.07 bits per heavy atom. The average molecular weight is 205 g/mol. The van der Waals surface area contributed by atoms with Crippen LogP contribution in [0.5, 0.6) is 0 Å². The number of nitrogens with one attached hydrogen (secondary N) is 1. The second-order valence-electron chi connectivity index (χ2n) is 3.08. The van der Waals surface area contributed by atoms with Crippen LogP contribution >= 0.6 is 0 Å². The fourth-order valence-electron chi connectivity index (χ4n) is 0.700. The lowest BCUT2D eigenvalue weighted by molar-refractivity contribution is -0.156. The van der Waals surface area contributed by atoms with Gasteiger partial charge in [0.25, 0.3) is 0 Å². The molecule has 0 aromatic carbocycles. The second kappa shape index (κ2) is 5.56. The van der Waals surface area contributed by atoms with Crippen LogP contribution in [0.25, 0.3) is 0 Å². The third-order valence-corrected chi connectivity index (χ3v) is 1.66. The van der Waals surface area contributed by atoms with Crippen LogP contribution < -0.4 is 5.32 Å². The molecule has 82 valence electrons. The lowest BCUT2D eigenvalue weighted by Crippen LogP contribution is -2.45. The zero-order valence-corrected chi connectivity index (χ0v) is 8.24. The summed E-state index contributed by atoms with van der Waals surface area (Å²) in [5.74, 6) is -1.68. The maximum Gasteiger partial charge on any atom is 0.336 e. The summed E-state index contributed by atoms with van der Waals surface area (Å²) in [4.78, 5) is 21.1. The van der Waals surface area contributed by atoms with Gasteiger partial charge in [0, 0.05) is 13.1 Å². The number of esters is 1. The molecule has 0 aliphatic heterocycles. The van der Waals surface area contributed by atoms with E-state index in [1.54, 1.807) is 0 Å². The number of aliphatic carboxylic acids is 1. The van der Waals surface area contributed by atoms with Crippen molar-refractivity contribution >= 4 is 11.9 Å². The van der Waals surface area contributed by atoms with Crippen LogP contribution in [-0.2, 0) is 14.3 Å². The Labute approximate surface area is 81.9 Å². The molecule has 0 amide bonds. The molecule has 0 saturated heterocycles. The zero-order chi connectivity index (χ0) is 11.2. The fraction of sp³-hybridized carbons (Fsp3) is 0.750. The summed E-state index contributed by atoms with van der Waals surface area (Å²) in [5.41, 5.74) is -1.81. The van der Waals surface area contributed by atoms with Crippen LogP contribution in [0.15, 0.2) is 0 Å². The maximum absolute atomic E-state index is 10.6. The molecule has 0 aliphatic carbocycles. The first-order valence-electron chi connectivity index (χ1n) is 4.13. The smallest absolute Gasteiger partial charge is 0.336 e. The Bertz CT molecular complexity index is 214. The maximum atomic E-state index is 10.6. The third kappa shape index (κ3) is 4.78. The first-order valence-corrected chi connectivity index (χ1v) is 4.13. The van der Waals surface area contributed by atoms with Crippen LogP contribution in [0.3, 0.4) is 0 Å². The van der Waals surface area contributed by atoms with E-state index in [0.29, 0.717) is 0 Å². The van der Waals surface area contributed by atoms with Crippen LogP contribution in [-0.4, -0.2) is 48.0 Å². The van der Waals surface area contributed by atoms with Gasteiger partial charge in [-0.05, 0) is 6.92 Å². The number of carbonyl (C=O) groups is 2. The van der Waals surface area contributed by atoms with Gasteiger partial charge in [0.15, 0.2) is 5.60 Å². The van der Waals surface area contributed by atoms with Gasteiger partial charge in [-0.15, -0.1) is 0 Å². The molecule has 6 heteroatoms. The van der Waals surface area contributed by atoms with E-state index in [2.05, 4.69) is 10.1 Å². The average Bonchev–Trinajstić information content (AvgIpc) is 2.11. The molecule has 0 rings (SSSR count). The normalized spacial score (nSPS) is 14.5. The summed E-state index contributed by atoms with van der Waals surface area (Å²) in [6.07, 6.45) is 0.145. The summed E-state index contributed by atoms with van der Waals surface area (Å²) in [7, 11) is 1.27. The molecule has 0 aliphatic rings. The van der Waals surface area contributed by atoms with E-state index >= 15 is 0 Å². The van der Waals surface area contributed by atoms with Gasteiger partial charge < -0.3 is 20.3 Å². The highest BCUT2D eigenvalue weighted by molar-refractivity contribution is 5.76. The largest absolute Gasteiger partial charge is 0.479 e. The van der Waals surface area contributed by atoms with E-state index in [9.17, 15) is 14.7 Å². The number of aliphatic hydroxyl groups is 1. The molecular weight excluding hydrogens is 190 g/mol. The zero-order valence-electron chi connectivity index (χ0n) is 8.24. The van der Waals surface area contributed by atoms with Crippen molar-refractivity contribution in [2.75, 3.05) is 20.2 Å². The minimum absolute atomic E-state index is 0.112. The highest BCUT2D eigenvalue weighted by Crippen LogP contribution is 2.00. The van der Waals surface area contributed by atoms with Gasteiger partial charge >= 0.3 is 11.9 Å². The van der Waals surface area contributed by atoms with Gasteiger partial charge in [-0.1, -0.05) is 0 Å². The summed E-state index contributed by atoms with van der Waals surface area (Å²) >= 11 is 0. The van der Waals surface area contributed by atoms with Crippen molar-refractivity contribution in [1.82, 2.24) is 5.32 Å². The molecule has 14 heavy (non-hydrogen) atoms. The van der Waals surface area contributed by atoms with Crippen molar-refractivity contribution < 1.29 is 24.5 Å². The summed E-state index contributed by atoms with van der Waals surface area (Å²) in [6, 6.07) is 0. The number of carbonyl (C=O) groups excluding carboxylic acids is 1. The lowest BCUT2D eigenvalue weighted by atomic mass is 10.1. The Morgan fingerprint density at radius 3 is 2.50 bits per heavy atom. The Balaban J connectivity index is 3.64. The third-order valence-electron chi connectivity index (χ3n) is 1.66. The van der Waals surface area contributed by atoms with Gasteiger partial charge in [-0.2, -0.15) is 0 Å². The van der Waals surface area contributed by atoms with Crippen molar-refractivity contribution in [2.45, 2.75) is 18.9 Å². The predicted octanol–water partition coefficient (Wildman–Crippen LogP) is -1.03. The SMILES string of the molecule is COC(=O)CCNCC(C)(O)C(=O)O. The highest BCUT2D eigenvalue weighted by Gasteiger charge is 2.28. The van der Waals surface area contributed by atoms with Gasteiger partial charge in [-0.25, -0.2) is 4.79 Å². The molecule has 3 N–H and O–H groups in total. The number of carboxylic acid groups (broad SMARTS) is 1. The van der Waals surface area contributed by atoms with Crippen LogP contribution in [0.4, 0.5) is 0 Å². The van der Waals surface area contributed by atoms with E-state index in [1.165, 1.54) is 14.0 Å². The molecule has 6 nitrogen and oxygen atoms in total. The lowest BCUT2D eigenvalue weighted by Gasteiger charge is -2.17. The molecule has 1 unspecified atom stereocenters. The number of rotatable bonds is 6. The van der Waals surface area contributed by atoms with E-state index in [-0.39, 0.29) is 25.5 Å². The Hall–Kier alpha value is -1.14. The molecule has 1 atom stereocenters. The number of methoxy groups -OCH3 is 1. The number of hydrogen-bond donors (Lipinski definition) is 3. The van der Waals surface area contributed by atoms with Gasteiger partial charge in [-0.3, -0.25) is 4.79 Å². The van der Waals surface area contributed by atoms with Crippen molar-refractivity contribution in [3.63, 3.8) is 0 Å². The summed E-state index contributed by atoms with van der Waals surface area (Å²) < 4.78 is 4.37. The molecule has 0 aromatic heterocycles. The monoisotopic (exact) mass is 205 g/mol. The molecule has 0 heterocycles. The number of hydrogen-bond acceptors (Lipinski definition) is 5. The molecular formula is C8H15NO5. The predicted molar refractivity (Wildman–Crippen MR) is 47.8 cm³/mol. The van der Waals surface area contributed by atoms with Crippen molar-refractivity contribution in [3.05, 3.63) is 0 Å². The molecule has 0 fully saturated rings. The van der Waals surface area contributed by atoms with Gasteiger partial charge in [0.1, 0.15) is 0 Å². The molecule has 0 bridgehead atoms. The Morgan fingerprint density at radius 1 is 1.50 bits per heavy atom. The standard InChI is InChI=1S/C8H15NO5/c1-8(13,7(11)12)5-9-4-3-6(10)14-2/h9,13H,3-5H2,1-2H3,(H,11,12). The molecule has 0 spiro atoms. The molecule has 0 radical (unpaired) electrons. The van der Waals surface area contributed by atoms with Crippen molar-refractivity contribution in [3.8, 4) is 0 Å². The second-order valence-corrected chi connectivity index (χ2v) is 3.08. The fourth-order valence-corrected chi connectivity index (χ4v) is 0.700. The van der Waals surface area contributed by atoms with E-state index in [4.69, 9.17) is 5.11 Å². The van der Waals surface area contributed by atoms with Crippen LogP contribution in [0.1, 0.15) is 13.3 Å². The van der Waals surface area contributed by atoms with E-state index < -0.39 is 11.6 Å². The van der Waals surface area contributed by atoms with Gasteiger partial charge in [0.2, 0.25) is 0 Å². The quantitative estimate of drug-likeness (QED) is 0.379. The highest BCUT2D eigenvalue weighted by atomic mass is 16.5. The van der Waals surface area contributed by atoms with E-state index in [0.717, 1.165) is 0 Å².